The number of hydrogen-bond acceptors (Lipinski definition) is 4. The van der Waals surface area contributed by atoms with Gasteiger partial charge in [-0.25, -0.2) is 24.8 Å². The van der Waals surface area contributed by atoms with Gasteiger partial charge in [0.2, 0.25) is 0 Å². The number of rotatable bonds is 7. The maximum Gasteiger partial charge on any atom is 0.268 e. The summed E-state index contributed by atoms with van der Waals surface area (Å²) in [6.07, 6.45) is -1.11. The van der Waals surface area contributed by atoms with Gasteiger partial charge in [0.25, 0.3) is 20.0 Å². The Balaban J connectivity index is 1.52. The Kier molecular flexibility index (Phi) is 4.30. The van der Waals surface area contributed by atoms with E-state index in [-0.39, 0.29) is 20.9 Å². The van der Waals surface area contributed by atoms with Gasteiger partial charge in [-0.05, 0) is 74.2 Å². The lowest BCUT2D eigenvalue weighted by molar-refractivity contribution is 0.588. The lowest BCUT2D eigenvalue weighted by atomic mass is 10.00. The summed E-state index contributed by atoms with van der Waals surface area (Å²) in [7, 11) is -9.70. The highest BCUT2D eigenvalue weighted by Gasteiger charge is 2.27. The fourth-order valence-corrected chi connectivity index (χ4v) is 8.93. The fourth-order valence-electron chi connectivity index (χ4n) is 5.91. The van der Waals surface area contributed by atoms with Crippen LogP contribution in [0.25, 0.3) is 43.6 Å². The molecule has 6 aromatic carbocycles. The number of nitrogens with zero attached hydrogens (tertiary/aromatic N) is 2. The van der Waals surface area contributed by atoms with Gasteiger partial charge in [0.1, 0.15) is 0 Å². The Morgan fingerprint density at radius 1 is 0.479 bits per heavy atom. The maximum absolute atomic E-state index is 14.8. The molecule has 0 aliphatic heterocycles. The number of aromatic nitrogens is 2. The molecule has 0 spiro atoms. The topological polar surface area (TPSA) is 78.1 Å². The molecule has 0 bridgehead atoms. The van der Waals surface area contributed by atoms with Crippen molar-refractivity contribution in [2.45, 2.75) is 36.5 Å². The zero-order chi connectivity index (χ0) is 45.4. The largest absolute Gasteiger partial charge is 0.268 e. The van der Waals surface area contributed by atoms with Crippen LogP contribution in [0.3, 0.4) is 0 Å². The van der Waals surface area contributed by atoms with Crippen LogP contribution in [0.15, 0.2) is 143 Å². The summed E-state index contributed by atoms with van der Waals surface area (Å²) in [5.41, 5.74) is -1.24. The molecule has 8 aromatic rings. The van der Waals surface area contributed by atoms with E-state index in [0.717, 1.165) is 0 Å². The number of fused-ring (bicyclic) bond motifs is 6. The number of para-hydroxylation sites is 4. The summed E-state index contributed by atoms with van der Waals surface area (Å²) in [5, 5.41) is -1.61. The average molecular weight is 683 g/mol. The van der Waals surface area contributed by atoms with Crippen molar-refractivity contribution in [3.63, 3.8) is 0 Å². The standard InChI is InChI=1S/C40H32N2O4S2/c1-27-17-23-31(24-18-27)47(43,44)41-37-15-5-3-11-33(37)35-13-7-9-29(39(35)41)21-22-30-10-8-14-36-34-12-4-6-16-38(34)42(40(30)36)48(45,46)32-25-19-28(2)20-26-32/h3-20,23-26H,21-22H2,1-2H3/i3D,4D,5D,6D,7D,8D,9D,10D,11D,12D,13D,14D,15D,16D. The molecule has 2 heterocycles. The van der Waals surface area contributed by atoms with Gasteiger partial charge in [-0.1, -0.05) is 108 Å². The van der Waals surface area contributed by atoms with Gasteiger partial charge in [0.05, 0.1) is 51.0 Å². The zero-order valence-electron chi connectivity index (χ0n) is 39.4. The third kappa shape index (κ3) is 4.66. The smallest absolute Gasteiger partial charge is 0.233 e. The first-order chi connectivity index (χ1) is 29.0. The summed E-state index contributed by atoms with van der Waals surface area (Å²) in [6, 6.07) is 0.665. The van der Waals surface area contributed by atoms with Gasteiger partial charge in [-0.2, -0.15) is 0 Å². The van der Waals surface area contributed by atoms with Crippen LogP contribution in [0, 0.1) is 13.8 Å². The molecule has 0 atom stereocenters. The second kappa shape index (κ2) is 11.2. The van der Waals surface area contributed by atoms with Crippen LogP contribution in [0.1, 0.15) is 41.4 Å². The minimum absolute atomic E-state index is 0.299. The van der Waals surface area contributed by atoms with E-state index in [2.05, 4.69) is 0 Å². The quantitative estimate of drug-likeness (QED) is 0.168. The molecule has 0 aliphatic rings. The Morgan fingerprint density at radius 3 is 1.23 bits per heavy atom. The Labute approximate surface area is 299 Å². The third-order valence-corrected chi connectivity index (χ3v) is 11.7. The Hall–Kier alpha value is -5.18. The molecule has 0 N–H and O–H groups in total. The lowest BCUT2D eigenvalue weighted by Gasteiger charge is -2.14. The highest BCUT2D eigenvalue weighted by atomic mass is 32.2. The fraction of sp³-hybridized carbons (Fsp3) is 0.100. The highest BCUT2D eigenvalue weighted by molar-refractivity contribution is 7.90. The van der Waals surface area contributed by atoms with Crippen LogP contribution in [0.2, 0.25) is 0 Å². The van der Waals surface area contributed by atoms with Crippen molar-refractivity contribution in [1.29, 1.82) is 0 Å². The van der Waals surface area contributed by atoms with E-state index in [0.29, 0.717) is 19.1 Å². The summed E-state index contributed by atoms with van der Waals surface area (Å²) < 4.78 is 184. The average Bonchev–Trinajstić information content (AvgIpc) is 3.79. The van der Waals surface area contributed by atoms with Crippen LogP contribution in [-0.4, -0.2) is 24.8 Å². The predicted octanol–water partition coefficient (Wildman–Crippen LogP) is 8.78. The van der Waals surface area contributed by atoms with Crippen molar-refractivity contribution < 1.29 is 36.0 Å². The van der Waals surface area contributed by atoms with Crippen LogP contribution in [0.4, 0.5) is 0 Å². The van der Waals surface area contributed by atoms with Crippen molar-refractivity contribution in [3.8, 4) is 0 Å². The molecule has 0 radical (unpaired) electrons. The van der Waals surface area contributed by atoms with Gasteiger partial charge in [0.15, 0.2) is 0 Å². The predicted molar refractivity (Wildman–Crippen MR) is 194 cm³/mol. The van der Waals surface area contributed by atoms with E-state index < -0.39 is 161 Å². The van der Waals surface area contributed by atoms with Crippen molar-refractivity contribution in [2.24, 2.45) is 0 Å². The van der Waals surface area contributed by atoms with Crippen LogP contribution >= 0.6 is 0 Å². The van der Waals surface area contributed by atoms with Crippen molar-refractivity contribution in [1.82, 2.24) is 7.94 Å². The van der Waals surface area contributed by atoms with Gasteiger partial charge >= 0.3 is 0 Å². The molecule has 2 aromatic heterocycles. The lowest BCUT2D eigenvalue weighted by Crippen LogP contribution is -2.14. The molecule has 0 saturated heterocycles. The van der Waals surface area contributed by atoms with E-state index in [1.54, 1.807) is 13.8 Å². The molecule has 8 rings (SSSR count). The second-order valence-electron chi connectivity index (χ2n) is 11.3. The van der Waals surface area contributed by atoms with Gasteiger partial charge in [-0.15, -0.1) is 0 Å². The molecule has 0 saturated carbocycles. The molecule has 6 nitrogen and oxygen atoms in total. The van der Waals surface area contributed by atoms with E-state index in [1.165, 1.54) is 48.5 Å². The molecular formula is C40H32N2O4S2. The number of benzene rings is 6. The summed E-state index contributed by atoms with van der Waals surface area (Å²) in [6.45, 7) is 3.43. The third-order valence-electron chi connectivity index (χ3n) is 8.24. The van der Waals surface area contributed by atoms with E-state index in [1.807, 2.05) is 0 Å². The SMILES string of the molecule is [2H]c1c([2H])c([2H])c2c(c1[2H])c1c([2H])c([2H])c([2H])c(CCc3c([2H])c([2H])c([2H])c4c5c([2H])c([2H])c([2H])c([2H])c5n(S(=O)(=O)c5ccc(C)cc5)c34)c1n2S(=O)(=O)c1ccc(C)cc1. The summed E-state index contributed by atoms with van der Waals surface area (Å²) in [4.78, 5) is -0.641. The van der Waals surface area contributed by atoms with E-state index >= 15 is 0 Å². The normalized spacial score (nSPS) is 16.5. The van der Waals surface area contributed by atoms with Gasteiger partial charge in [-0.3, -0.25) is 0 Å². The molecule has 48 heavy (non-hydrogen) atoms. The molecule has 0 aliphatic carbocycles. The maximum atomic E-state index is 14.8. The number of hydrogen-bond donors (Lipinski definition) is 0. The molecule has 0 unspecified atom stereocenters. The Bertz CT molecular complexity index is 3320. The minimum Gasteiger partial charge on any atom is -0.233 e. The zero-order valence-corrected chi connectivity index (χ0v) is 27.0. The first-order valence-electron chi connectivity index (χ1n) is 21.7. The first kappa shape index (κ1) is 18.4. The second-order valence-corrected chi connectivity index (χ2v) is 14.8. The highest BCUT2D eigenvalue weighted by Crippen LogP contribution is 2.37. The molecule has 0 fully saturated rings. The van der Waals surface area contributed by atoms with Crippen molar-refractivity contribution in [2.75, 3.05) is 0 Å². The van der Waals surface area contributed by atoms with Crippen molar-refractivity contribution in [3.05, 3.63) is 155 Å². The monoisotopic (exact) mass is 682 g/mol. The van der Waals surface area contributed by atoms with Crippen LogP contribution < -0.4 is 0 Å². The Morgan fingerprint density at radius 2 is 0.833 bits per heavy atom. The van der Waals surface area contributed by atoms with Gasteiger partial charge in [0, 0.05) is 21.5 Å². The molecular weight excluding hydrogens is 637 g/mol. The van der Waals surface area contributed by atoms with Gasteiger partial charge < -0.3 is 0 Å². The minimum atomic E-state index is -4.85. The number of aryl methyl sites for hydroxylation is 4. The van der Waals surface area contributed by atoms with E-state index in [9.17, 15) is 16.8 Å². The summed E-state index contributed by atoms with van der Waals surface area (Å²) in [5.74, 6) is 0. The van der Waals surface area contributed by atoms with Crippen LogP contribution in [-0.2, 0) is 32.9 Å². The van der Waals surface area contributed by atoms with E-state index in [4.69, 9.17) is 19.2 Å². The van der Waals surface area contributed by atoms with Crippen molar-refractivity contribution >= 4 is 63.7 Å². The first-order valence-corrected chi connectivity index (χ1v) is 17.6. The molecule has 238 valence electrons. The molecule has 0 amide bonds. The summed E-state index contributed by atoms with van der Waals surface area (Å²) >= 11 is 0. The van der Waals surface area contributed by atoms with Crippen LogP contribution in [0.5, 0.6) is 0 Å². The molecule has 8 heteroatoms.